The number of nitrogen functional groups attached to an aromatic ring is 1. The van der Waals surface area contributed by atoms with Crippen LogP contribution < -0.4 is 11.4 Å². The van der Waals surface area contributed by atoms with Crippen LogP contribution >= 0.6 is 12.6 Å². The van der Waals surface area contributed by atoms with Gasteiger partial charge < -0.3 is 10.7 Å². The lowest BCUT2D eigenvalue weighted by atomic mass is 10.6. The first-order valence-corrected chi connectivity index (χ1v) is 3.56. The van der Waals surface area contributed by atoms with E-state index in [4.69, 9.17) is 5.73 Å². The van der Waals surface area contributed by atoms with Crippen LogP contribution in [0.15, 0.2) is 15.9 Å². The van der Waals surface area contributed by atoms with E-state index in [1.54, 1.807) is 0 Å². The molecular formula is C5H5N5OS. The molecule has 2 rings (SSSR count). The monoisotopic (exact) mass is 183 g/mol. The summed E-state index contributed by atoms with van der Waals surface area (Å²) in [6.07, 6.45) is 1.44. The molecule has 0 unspecified atom stereocenters. The molecular weight excluding hydrogens is 178 g/mol. The molecule has 0 saturated carbocycles. The predicted molar refractivity (Wildman–Crippen MR) is 45.3 cm³/mol. The average molecular weight is 183 g/mol. The maximum absolute atomic E-state index is 11.1. The van der Waals surface area contributed by atoms with Gasteiger partial charge in [0.1, 0.15) is 0 Å². The Balaban J connectivity index is 3.09. The smallest absolute Gasteiger partial charge is 0.334 e. The zero-order chi connectivity index (χ0) is 8.72. The number of aromatic amines is 1. The van der Waals surface area contributed by atoms with Crippen LogP contribution in [0.4, 0.5) is 5.95 Å². The van der Waals surface area contributed by atoms with Gasteiger partial charge in [-0.2, -0.15) is 0 Å². The molecule has 0 spiro atoms. The molecule has 6 nitrogen and oxygen atoms in total. The average Bonchev–Trinajstić information content (AvgIpc) is 2.42. The first-order valence-electron chi connectivity index (χ1n) is 3.11. The fourth-order valence-corrected chi connectivity index (χ4v) is 1.13. The van der Waals surface area contributed by atoms with Crippen molar-refractivity contribution >= 4 is 24.2 Å². The van der Waals surface area contributed by atoms with Crippen molar-refractivity contribution in [1.29, 1.82) is 0 Å². The second-order valence-electron chi connectivity index (χ2n) is 2.20. The second kappa shape index (κ2) is 2.24. The number of thiol groups is 1. The van der Waals surface area contributed by atoms with Crippen molar-refractivity contribution in [2.45, 2.75) is 4.90 Å². The van der Waals surface area contributed by atoms with Gasteiger partial charge in [-0.25, -0.2) is 9.20 Å². The first kappa shape index (κ1) is 7.17. The van der Waals surface area contributed by atoms with Crippen molar-refractivity contribution in [3.63, 3.8) is 0 Å². The fraction of sp³-hybridized carbons (Fsp3) is 0. The fourth-order valence-electron chi connectivity index (χ4n) is 0.922. The number of aromatic nitrogens is 4. The Hall–Kier alpha value is -1.50. The third kappa shape index (κ3) is 0.797. The summed E-state index contributed by atoms with van der Waals surface area (Å²) in [5.41, 5.74) is 5.37. The van der Waals surface area contributed by atoms with Gasteiger partial charge in [-0.15, -0.1) is 22.8 Å². The van der Waals surface area contributed by atoms with Crippen LogP contribution in [0, 0.1) is 0 Å². The van der Waals surface area contributed by atoms with E-state index in [1.165, 1.54) is 6.20 Å². The van der Waals surface area contributed by atoms with E-state index in [-0.39, 0.29) is 11.6 Å². The maximum atomic E-state index is 11.1. The van der Waals surface area contributed by atoms with Gasteiger partial charge in [0.2, 0.25) is 5.95 Å². The number of anilines is 1. The number of nitrogens with two attached hydrogens (primary N) is 1. The molecule has 0 fully saturated rings. The van der Waals surface area contributed by atoms with Crippen molar-refractivity contribution in [3.8, 4) is 0 Å². The van der Waals surface area contributed by atoms with E-state index in [9.17, 15) is 4.79 Å². The molecule has 2 heterocycles. The van der Waals surface area contributed by atoms with Crippen LogP contribution in [0.5, 0.6) is 0 Å². The van der Waals surface area contributed by atoms with E-state index in [0.29, 0.717) is 10.5 Å². The van der Waals surface area contributed by atoms with Crippen molar-refractivity contribution in [3.05, 3.63) is 16.7 Å². The van der Waals surface area contributed by atoms with Gasteiger partial charge in [-0.05, 0) is 0 Å². The van der Waals surface area contributed by atoms with E-state index in [2.05, 4.69) is 27.8 Å². The molecule has 0 aliphatic heterocycles. The highest BCUT2D eigenvalue weighted by Gasteiger charge is 2.06. The van der Waals surface area contributed by atoms with Crippen molar-refractivity contribution in [1.82, 2.24) is 19.6 Å². The predicted octanol–water partition coefficient (Wildman–Crippen LogP) is -0.712. The second-order valence-corrected chi connectivity index (χ2v) is 2.68. The zero-order valence-electron chi connectivity index (χ0n) is 5.85. The topological polar surface area (TPSA) is 89.1 Å². The molecule has 0 aliphatic carbocycles. The van der Waals surface area contributed by atoms with Crippen LogP contribution in [0.25, 0.3) is 5.65 Å². The summed E-state index contributed by atoms with van der Waals surface area (Å²) in [5, 5.41) is 7.21. The number of nitrogens with zero attached hydrogens (tertiary/aromatic N) is 3. The molecule has 0 radical (unpaired) electrons. The Morgan fingerprint density at radius 3 is 3.00 bits per heavy atom. The Morgan fingerprint density at radius 2 is 2.33 bits per heavy atom. The quantitative estimate of drug-likeness (QED) is 0.471. The van der Waals surface area contributed by atoms with Crippen LogP contribution in [0.3, 0.4) is 0 Å². The summed E-state index contributed by atoms with van der Waals surface area (Å²) >= 11 is 4.06. The van der Waals surface area contributed by atoms with Crippen LogP contribution in [-0.4, -0.2) is 19.6 Å². The van der Waals surface area contributed by atoms with Crippen molar-refractivity contribution < 1.29 is 0 Å². The van der Waals surface area contributed by atoms with Gasteiger partial charge in [-0.3, -0.25) is 0 Å². The van der Waals surface area contributed by atoms with Crippen LogP contribution in [0.1, 0.15) is 0 Å². The summed E-state index contributed by atoms with van der Waals surface area (Å²) in [6.45, 7) is 0. The summed E-state index contributed by atoms with van der Waals surface area (Å²) < 4.78 is 1.16. The highest BCUT2D eigenvalue weighted by Crippen LogP contribution is 2.09. The van der Waals surface area contributed by atoms with Gasteiger partial charge in [0.15, 0.2) is 5.65 Å². The van der Waals surface area contributed by atoms with Crippen LogP contribution in [0.2, 0.25) is 0 Å². The van der Waals surface area contributed by atoms with E-state index < -0.39 is 0 Å². The molecule has 0 saturated heterocycles. The molecule has 0 atom stereocenters. The summed E-state index contributed by atoms with van der Waals surface area (Å²) in [7, 11) is 0. The molecule has 3 N–H and O–H groups in total. The molecule has 0 amide bonds. The SMILES string of the molecule is Nc1nnc2c(S)c[nH]c(=O)n12. The number of H-pyrrole nitrogens is 1. The van der Waals surface area contributed by atoms with Gasteiger partial charge in [0, 0.05) is 6.20 Å². The van der Waals surface area contributed by atoms with Crippen molar-refractivity contribution in [2.24, 2.45) is 0 Å². The Labute approximate surface area is 71.8 Å². The largest absolute Gasteiger partial charge is 0.367 e. The van der Waals surface area contributed by atoms with E-state index in [1.807, 2.05) is 0 Å². The van der Waals surface area contributed by atoms with Crippen molar-refractivity contribution in [2.75, 3.05) is 5.73 Å². The number of hydrogen-bond acceptors (Lipinski definition) is 5. The Kier molecular flexibility index (Phi) is 1.34. The molecule has 62 valence electrons. The molecule has 2 aromatic rings. The zero-order valence-corrected chi connectivity index (χ0v) is 6.75. The summed E-state index contributed by atoms with van der Waals surface area (Å²) in [5.74, 6) is 0.0575. The lowest BCUT2D eigenvalue weighted by Gasteiger charge is -1.93. The normalized spacial score (nSPS) is 10.8. The maximum Gasteiger partial charge on any atom is 0.334 e. The molecule has 2 aromatic heterocycles. The van der Waals surface area contributed by atoms with Gasteiger partial charge >= 0.3 is 5.69 Å². The summed E-state index contributed by atoms with van der Waals surface area (Å²) in [4.78, 5) is 14.1. The molecule has 7 heteroatoms. The third-order valence-electron chi connectivity index (χ3n) is 1.45. The lowest BCUT2D eigenvalue weighted by molar-refractivity contribution is 0.978. The van der Waals surface area contributed by atoms with Gasteiger partial charge in [-0.1, -0.05) is 0 Å². The van der Waals surface area contributed by atoms with Crippen LogP contribution in [-0.2, 0) is 0 Å². The molecule has 0 bridgehead atoms. The van der Waals surface area contributed by atoms with Gasteiger partial charge in [0.05, 0.1) is 4.90 Å². The van der Waals surface area contributed by atoms with Gasteiger partial charge in [0.25, 0.3) is 0 Å². The number of rotatable bonds is 0. The number of nitrogens with one attached hydrogen (secondary N) is 1. The Bertz CT molecular complexity index is 486. The Morgan fingerprint density at radius 1 is 1.58 bits per heavy atom. The highest BCUT2D eigenvalue weighted by molar-refractivity contribution is 7.80. The third-order valence-corrected chi connectivity index (χ3v) is 1.78. The number of fused-ring (bicyclic) bond motifs is 1. The first-order chi connectivity index (χ1) is 5.70. The lowest BCUT2D eigenvalue weighted by Crippen LogP contribution is -2.17. The highest BCUT2D eigenvalue weighted by atomic mass is 32.1. The molecule has 0 aliphatic rings. The standard InChI is InChI=1S/C5H5N5OS/c6-4-9-8-3-2(12)1-7-5(11)10(3)4/h1,12H,(H2,6,9)(H,7,11). The molecule has 12 heavy (non-hydrogen) atoms. The minimum atomic E-state index is -0.370. The minimum Gasteiger partial charge on any atom is -0.367 e. The van der Waals surface area contributed by atoms with E-state index in [0.717, 1.165) is 4.40 Å². The minimum absolute atomic E-state index is 0.0575. The molecule has 0 aromatic carbocycles. The number of hydrogen-bond donors (Lipinski definition) is 3. The summed E-state index contributed by atoms with van der Waals surface area (Å²) in [6, 6.07) is 0. The van der Waals surface area contributed by atoms with E-state index >= 15 is 0 Å².